The molecule has 6 nitrogen and oxygen atoms in total. The third kappa shape index (κ3) is 4.28. The monoisotopic (exact) mass is 372 g/mol. The van der Waals surface area contributed by atoms with Crippen molar-refractivity contribution in [2.45, 2.75) is 61.0 Å². The van der Waals surface area contributed by atoms with Crippen LogP contribution in [0.25, 0.3) is 0 Å². The Morgan fingerprint density at radius 2 is 1.78 bits per heavy atom. The van der Waals surface area contributed by atoms with Crippen molar-refractivity contribution in [2.75, 3.05) is 0 Å². The molecule has 0 amide bonds. The number of aryl methyl sites for hydroxylation is 1. The van der Waals surface area contributed by atoms with E-state index < -0.39 is 10.0 Å². The minimum absolute atomic E-state index is 0.113. The van der Waals surface area contributed by atoms with Crippen molar-refractivity contribution in [2.24, 2.45) is 0 Å². The Morgan fingerprint density at radius 3 is 2.22 bits per heavy atom. The molecule has 2 aromatic rings. The zero-order valence-corrected chi connectivity index (χ0v) is 16.2. The second kappa shape index (κ2) is 7.25. The molecule has 0 radical (unpaired) electrons. The molecule has 0 unspecified atom stereocenters. The molecule has 126 valence electrons. The average molecular weight is 373 g/mol. The lowest BCUT2D eigenvalue weighted by atomic mass is 10.3. The van der Waals surface area contributed by atoms with Gasteiger partial charge in [-0.1, -0.05) is 11.3 Å². The van der Waals surface area contributed by atoms with Crippen LogP contribution in [0.2, 0.25) is 0 Å². The van der Waals surface area contributed by atoms with E-state index in [0.717, 1.165) is 9.35 Å². The van der Waals surface area contributed by atoms with Crippen molar-refractivity contribution in [1.82, 2.24) is 19.5 Å². The van der Waals surface area contributed by atoms with Crippen LogP contribution in [0.15, 0.2) is 32.6 Å². The first-order chi connectivity index (χ1) is 10.7. The minimum Gasteiger partial charge on any atom is -0.248 e. The molecule has 0 saturated carbocycles. The molecule has 9 heteroatoms. The Morgan fingerprint density at radius 1 is 1.13 bits per heavy atom. The molecule has 2 aromatic heterocycles. The van der Waals surface area contributed by atoms with Crippen LogP contribution in [0, 0.1) is 6.92 Å². The lowest BCUT2D eigenvalue weighted by molar-refractivity contribution is 0.302. The molecule has 0 atom stereocenters. The van der Waals surface area contributed by atoms with Gasteiger partial charge in [0.25, 0.3) is 0 Å². The maximum Gasteiger partial charge on any atom is 0.245 e. The molecule has 23 heavy (non-hydrogen) atoms. The molecule has 0 aliphatic heterocycles. The van der Waals surface area contributed by atoms with Crippen molar-refractivity contribution < 1.29 is 8.42 Å². The summed E-state index contributed by atoms with van der Waals surface area (Å²) in [7, 11) is -3.55. The van der Waals surface area contributed by atoms with E-state index in [9.17, 15) is 8.42 Å². The van der Waals surface area contributed by atoms with Gasteiger partial charge in [0.05, 0.1) is 0 Å². The molecule has 0 aromatic carbocycles. The van der Waals surface area contributed by atoms with E-state index in [1.54, 1.807) is 12.1 Å². The van der Waals surface area contributed by atoms with Crippen LogP contribution in [0.4, 0.5) is 0 Å². The Balaban J connectivity index is 2.24. The van der Waals surface area contributed by atoms with Gasteiger partial charge in [0, 0.05) is 18.3 Å². The zero-order valence-electron chi connectivity index (χ0n) is 13.7. The molecule has 0 aliphatic rings. The number of pyridine rings is 1. The lowest BCUT2D eigenvalue weighted by Crippen LogP contribution is -2.41. The third-order valence-electron chi connectivity index (χ3n) is 3.00. The lowest BCUT2D eigenvalue weighted by Gasteiger charge is -2.29. The summed E-state index contributed by atoms with van der Waals surface area (Å²) in [6.07, 6.45) is 1.41. The van der Waals surface area contributed by atoms with Gasteiger partial charge in [-0.15, -0.1) is 10.2 Å². The topological polar surface area (TPSA) is 76.1 Å². The SMILES string of the molecule is Cc1nnc(Sc2ccc(S(=O)(=O)N(C(C)C)C(C)C)cn2)s1. The largest absolute Gasteiger partial charge is 0.248 e. The van der Waals surface area contributed by atoms with Gasteiger partial charge in [-0.3, -0.25) is 0 Å². The summed E-state index contributed by atoms with van der Waals surface area (Å²) in [4.78, 5) is 4.45. The Labute approximate surface area is 145 Å². The summed E-state index contributed by atoms with van der Waals surface area (Å²) in [6, 6.07) is 3.07. The second-order valence-corrected chi connectivity index (χ2v) is 9.84. The van der Waals surface area contributed by atoms with Gasteiger partial charge < -0.3 is 0 Å². The standard InChI is InChI=1S/C14H20N4O2S3/c1-9(2)18(10(3)4)23(19,20)12-6-7-13(15-8-12)22-14-17-16-11(5)21-14/h6-10H,1-5H3. The third-order valence-corrected chi connectivity index (χ3v) is 7.08. The molecule has 0 spiro atoms. The molecule has 0 fully saturated rings. The summed E-state index contributed by atoms with van der Waals surface area (Å²) in [5, 5.41) is 9.55. The summed E-state index contributed by atoms with van der Waals surface area (Å²) in [5.41, 5.74) is 0. The van der Waals surface area contributed by atoms with Crippen molar-refractivity contribution in [3.05, 3.63) is 23.3 Å². The van der Waals surface area contributed by atoms with Crippen LogP contribution in [-0.4, -0.2) is 40.0 Å². The Kier molecular flexibility index (Phi) is 5.77. The zero-order chi connectivity index (χ0) is 17.2. The maximum absolute atomic E-state index is 12.7. The normalized spacial score (nSPS) is 12.5. The van der Waals surface area contributed by atoms with Gasteiger partial charge in [0.2, 0.25) is 10.0 Å². The fourth-order valence-electron chi connectivity index (χ4n) is 2.26. The van der Waals surface area contributed by atoms with Gasteiger partial charge in [0.1, 0.15) is 14.9 Å². The number of aromatic nitrogens is 3. The summed E-state index contributed by atoms with van der Waals surface area (Å²) >= 11 is 2.85. The number of hydrogen-bond acceptors (Lipinski definition) is 7. The number of sulfonamides is 1. The fraction of sp³-hybridized carbons (Fsp3) is 0.500. The van der Waals surface area contributed by atoms with Crippen LogP contribution in [0.5, 0.6) is 0 Å². The first kappa shape index (κ1) is 18.3. The highest BCUT2D eigenvalue weighted by atomic mass is 32.2. The first-order valence-corrected chi connectivity index (χ1v) is 10.3. The van der Waals surface area contributed by atoms with E-state index in [1.165, 1.54) is 33.6 Å². The van der Waals surface area contributed by atoms with Crippen LogP contribution in [-0.2, 0) is 10.0 Å². The highest BCUT2D eigenvalue weighted by molar-refractivity contribution is 8.01. The summed E-state index contributed by atoms with van der Waals surface area (Å²) < 4.78 is 27.8. The van der Waals surface area contributed by atoms with Crippen molar-refractivity contribution in [1.29, 1.82) is 0 Å². The van der Waals surface area contributed by atoms with Crippen LogP contribution in [0.3, 0.4) is 0 Å². The van der Waals surface area contributed by atoms with Gasteiger partial charge in [-0.25, -0.2) is 13.4 Å². The van der Waals surface area contributed by atoms with Crippen molar-refractivity contribution in [3.8, 4) is 0 Å². The van der Waals surface area contributed by atoms with E-state index in [2.05, 4.69) is 15.2 Å². The highest BCUT2D eigenvalue weighted by Crippen LogP contribution is 2.29. The molecule has 0 N–H and O–H groups in total. The highest BCUT2D eigenvalue weighted by Gasteiger charge is 2.29. The molecule has 2 heterocycles. The minimum atomic E-state index is -3.55. The van der Waals surface area contributed by atoms with Crippen LogP contribution in [0.1, 0.15) is 32.7 Å². The van der Waals surface area contributed by atoms with E-state index in [-0.39, 0.29) is 17.0 Å². The molecule has 0 saturated heterocycles. The number of hydrogen-bond donors (Lipinski definition) is 0. The average Bonchev–Trinajstić information content (AvgIpc) is 2.83. The quantitative estimate of drug-likeness (QED) is 0.775. The number of rotatable bonds is 6. The van der Waals surface area contributed by atoms with Crippen molar-refractivity contribution in [3.63, 3.8) is 0 Å². The molecule has 2 rings (SSSR count). The van der Waals surface area contributed by atoms with Crippen molar-refractivity contribution >= 4 is 33.1 Å². The second-order valence-electron chi connectivity index (χ2n) is 5.54. The maximum atomic E-state index is 12.7. The summed E-state index contributed by atoms with van der Waals surface area (Å²) in [6.45, 7) is 9.36. The first-order valence-electron chi connectivity index (χ1n) is 7.19. The summed E-state index contributed by atoms with van der Waals surface area (Å²) in [5.74, 6) is 0. The molecular formula is C14H20N4O2S3. The van der Waals surface area contributed by atoms with Gasteiger partial charge in [-0.05, 0) is 58.5 Å². The predicted octanol–water partition coefficient (Wildman–Crippen LogP) is 3.20. The predicted molar refractivity (Wildman–Crippen MR) is 92.3 cm³/mol. The van der Waals surface area contributed by atoms with Gasteiger partial charge >= 0.3 is 0 Å². The molecular weight excluding hydrogens is 352 g/mol. The van der Waals surface area contributed by atoms with E-state index in [4.69, 9.17) is 0 Å². The van der Waals surface area contributed by atoms with E-state index in [0.29, 0.717) is 5.03 Å². The van der Waals surface area contributed by atoms with Gasteiger partial charge in [0.15, 0.2) is 4.34 Å². The van der Waals surface area contributed by atoms with Crippen LogP contribution >= 0.6 is 23.1 Å². The molecule has 0 aliphatic carbocycles. The fourth-order valence-corrected chi connectivity index (χ4v) is 5.74. The van der Waals surface area contributed by atoms with E-state index >= 15 is 0 Å². The molecule has 0 bridgehead atoms. The number of nitrogens with zero attached hydrogens (tertiary/aromatic N) is 4. The van der Waals surface area contributed by atoms with Crippen LogP contribution < -0.4 is 0 Å². The Bertz CT molecular complexity index is 747. The Hall–Kier alpha value is -1.03. The van der Waals surface area contributed by atoms with Gasteiger partial charge in [-0.2, -0.15) is 4.31 Å². The van der Waals surface area contributed by atoms with E-state index in [1.807, 2.05) is 34.6 Å². The smallest absolute Gasteiger partial charge is 0.245 e.